The molecule has 144 valence electrons. The van der Waals surface area contributed by atoms with Crippen molar-refractivity contribution in [3.63, 3.8) is 0 Å². The third kappa shape index (κ3) is 3.75. The van der Waals surface area contributed by atoms with Crippen LogP contribution in [0.1, 0.15) is 11.1 Å². The summed E-state index contributed by atoms with van der Waals surface area (Å²) in [5.74, 6) is 1.42. The lowest BCUT2D eigenvalue weighted by Gasteiger charge is -2.12. The molecule has 0 aromatic heterocycles. The van der Waals surface area contributed by atoms with E-state index in [1.165, 1.54) is 0 Å². The Kier molecular flexibility index (Phi) is 4.60. The molecule has 4 rings (SSSR count). The number of anilines is 3. The summed E-state index contributed by atoms with van der Waals surface area (Å²) >= 11 is 0. The topological polar surface area (TPSA) is 76.7 Å². The molecule has 0 fully saturated rings. The van der Waals surface area contributed by atoms with E-state index in [2.05, 4.69) is 10.0 Å². The van der Waals surface area contributed by atoms with E-state index in [0.717, 1.165) is 22.7 Å². The van der Waals surface area contributed by atoms with E-state index in [9.17, 15) is 8.42 Å². The zero-order chi connectivity index (χ0) is 19.7. The van der Waals surface area contributed by atoms with Crippen LogP contribution in [-0.2, 0) is 10.0 Å². The van der Waals surface area contributed by atoms with Crippen molar-refractivity contribution < 1.29 is 17.9 Å². The molecule has 0 radical (unpaired) electrons. The quantitative estimate of drug-likeness (QED) is 0.660. The first-order valence-electron chi connectivity index (χ1n) is 8.77. The Labute approximate surface area is 164 Å². The third-order valence-electron chi connectivity index (χ3n) is 4.43. The minimum atomic E-state index is -3.65. The van der Waals surface area contributed by atoms with Gasteiger partial charge in [0.1, 0.15) is 0 Å². The zero-order valence-electron chi connectivity index (χ0n) is 15.5. The molecule has 2 N–H and O–H groups in total. The van der Waals surface area contributed by atoms with Gasteiger partial charge in [-0.25, -0.2) is 8.42 Å². The van der Waals surface area contributed by atoms with Gasteiger partial charge in [-0.3, -0.25) is 4.72 Å². The zero-order valence-corrected chi connectivity index (χ0v) is 16.3. The standard InChI is InChI=1S/C21H20N2O4S/c1-14-3-4-15(2)21(11-14)28(24,25)23-17-7-5-16(6-8-17)22-18-9-10-19-20(12-18)27-13-26-19/h3-12,22-23H,13H2,1-2H3. The summed E-state index contributed by atoms with van der Waals surface area (Å²) in [4.78, 5) is 0.287. The SMILES string of the molecule is Cc1ccc(C)c(S(=O)(=O)Nc2ccc(Nc3ccc4c(c3)OCO4)cc2)c1. The maximum atomic E-state index is 12.7. The fraction of sp³-hybridized carbons (Fsp3) is 0.143. The molecule has 3 aromatic rings. The highest BCUT2D eigenvalue weighted by Gasteiger charge is 2.17. The molecular weight excluding hydrogens is 376 g/mol. The smallest absolute Gasteiger partial charge is 0.262 e. The van der Waals surface area contributed by atoms with Gasteiger partial charge in [0, 0.05) is 23.1 Å². The van der Waals surface area contributed by atoms with Crippen LogP contribution in [0.4, 0.5) is 17.1 Å². The van der Waals surface area contributed by atoms with Gasteiger partial charge in [-0.05, 0) is 67.4 Å². The average Bonchev–Trinajstić information content (AvgIpc) is 3.13. The minimum absolute atomic E-state index is 0.230. The molecular formula is C21H20N2O4S. The maximum Gasteiger partial charge on any atom is 0.262 e. The van der Waals surface area contributed by atoms with Crippen molar-refractivity contribution in [2.24, 2.45) is 0 Å². The van der Waals surface area contributed by atoms with Gasteiger partial charge < -0.3 is 14.8 Å². The third-order valence-corrected chi connectivity index (χ3v) is 5.95. The van der Waals surface area contributed by atoms with Gasteiger partial charge in [0.25, 0.3) is 10.0 Å². The average molecular weight is 396 g/mol. The largest absolute Gasteiger partial charge is 0.454 e. The molecule has 0 aliphatic carbocycles. The van der Waals surface area contributed by atoms with Crippen LogP contribution in [0.25, 0.3) is 0 Å². The second kappa shape index (κ2) is 7.09. The number of rotatable bonds is 5. The lowest BCUT2D eigenvalue weighted by molar-refractivity contribution is 0.174. The van der Waals surface area contributed by atoms with E-state index in [1.807, 2.05) is 49.4 Å². The van der Waals surface area contributed by atoms with Gasteiger partial charge in [0.2, 0.25) is 6.79 Å². The van der Waals surface area contributed by atoms with Crippen LogP contribution in [0.5, 0.6) is 11.5 Å². The fourth-order valence-electron chi connectivity index (χ4n) is 2.97. The number of fused-ring (bicyclic) bond motifs is 1. The van der Waals surface area contributed by atoms with E-state index in [-0.39, 0.29) is 11.7 Å². The van der Waals surface area contributed by atoms with Crippen molar-refractivity contribution in [3.8, 4) is 11.5 Å². The Hall–Kier alpha value is -3.19. The molecule has 1 aliphatic heterocycles. The summed E-state index contributed by atoms with van der Waals surface area (Å²) < 4.78 is 38.7. The van der Waals surface area contributed by atoms with E-state index in [1.54, 1.807) is 25.1 Å². The van der Waals surface area contributed by atoms with Crippen LogP contribution in [0.15, 0.2) is 65.6 Å². The van der Waals surface area contributed by atoms with E-state index < -0.39 is 10.0 Å². The Bertz CT molecular complexity index is 1130. The minimum Gasteiger partial charge on any atom is -0.454 e. The molecule has 3 aromatic carbocycles. The predicted molar refractivity (Wildman–Crippen MR) is 109 cm³/mol. The first kappa shape index (κ1) is 18.2. The molecule has 0 unspecified atom stereocenters. The van der Waals surface area contributed by atoms with Gasteiger partial charge in [-0.15, -0.1) is 0 Å². The van der Waals surface area contributed by atoms with Crippen molar-refractivity contribution in [3.05, 3.63) is 71.8 Å². The van der Waals surface area contributed by atoms with E-state index in [4.69, 9.17) is 9.47 Å². The van der Waals surface area contributed by atoms with Crippen LogP contribution < -0.4 is 19.5 Å². The Balaban J connectivity index is 1.49. The summed E-state index contributed by atoms with van der Waals surface area (Å²) in [6, 6.07) is 18.0. The van der Waals surface area contributed by atoms with Crippen molar-refractivity contribution >= 4 is 27.1 Å². The van der Waals surface area contributed by atoms with Crippen LogP contribution in [-0.4, -0.2) is 15.2 Å². The Morgan fingerprint density at radius 3 is 2.25 bits per heavy atom. The first-order valence-corrected chi connectivity index (χ1v) is 10.3. The number of benzene rings is 3. The highest BCUT2D eigenvalue weighted by molar-refractivity contribution is 7.92. The van der Waals surface area contributed by atoms with Gasteiger partial charge in [-0.2, -0.15) is 0 Å². The lowest BCUT2D eigenvalue weighted by Crippen LogP contribution is -2.14. The summed E-state index contributed by atoms with van der Waals surface area (Å²) in [6.45, 7) is 3.88. The summed E-state index contributed by atoms with van der Waals surface area (Å²) in [6.07, 6.45) is 0. The number of sulfonamides is 1. The number of aryl methyl sites for hydroxylation is 2. The van der Waals surface area contributed by atoms with Crippen LogP contribution in [0, 0.1) is 13.8 Å². The molecule has 1 heterocycles. The summed E-state index contributed by atoms with van der Waals surface area (Å²) in [5, 5.41) is 3.26. The van der Waals surface area contributed by atoms with Crippen molar-refractivity contribution in [1.29, 1.82) is 0 Å². The molecule has 28 heavy (non-hydrogen) atoms. The Morgan fingerprint density at radius 2 is 1.46 bits per heavy atom. The molecule has 0 saturated heterocycles. The molecule has 6 nitrogen and oxygen atoms in total. The maximum absolute atomic E-state index is 12.7. The monoisotopic (exact) mass is 396 g/mol. The van der Waals surface area contributed by atoms with Gasteiger partial charge in [0.05, 0.1) is 4.90 Å². The molecule has 7 heteroatoms. The number of hydrogen-bond donors (Lipinski definition) is 2. The summed E-state index contributed by atoms with van der Waals surface area (Å²) in [7, 11) is -3.65. The highest BCUT2D eigenvalue weighted by atomic mass is 32.2. The number of ether oxygens (including phenoxy) is 2. The van der Waals surface area contributed by atoms with Crippen molar-refractivity contribution in [2.45, 2.75) is 18.7 Å². The van der Waals surface area contributed by atoms with Crippen molar-refractivity contribution in [1.82, 2.24) is 0 Å². The normalized spacial score (nSPS) is 12.6. The van der Waals surface area contributed by atoms with Gasteiger partial charge in [0.15, 0.2) is 11.5 Å². The first-order chi connectivity index (χ1) is 13.4. The van der Waals surface area contributed by atoms with Gasteiger partial charge in [-0.1, -0.05) is 12.1 Å². The highest BCUT2D eigenvalue weighted by Crippen LogP contribution is 2.35. The molecule has 0 amide bonds. The molecule has 0 atom stereocenters. The fourth-order valence-corrected chi connectivity index (χ4v) is 4.36. The molecule has 0 saturated carbocycles. The second-order valence-electron chi connectivity index (χ2n) is 6.64. The van der Waals surface area contributed by atoms with Crippen LogP contribution in [0.3, 0.4) is 0 Å². The lowest BCUT2D eigenvalue weighted by atomic mass is 10.2. The second-order valence-corrected chi connectivity index (χ2v) is 8.30. The van der Waals surface area contributed by atoms with Crippen molar-refractivity contribution in [2.75, 3.05) is 16.8 Å². The molecule has 0 spiro atoms. The summed E-state index contributed by atoms with van der Waals surface area (Å²) in [5.41, 5.74) is 3.78. The van der Waals surface area contributed by atoms with Crippen LogP contribution >= 0.6 is 0 Å². The molecule has 0 bridgehead atoms. The van der Waals surface area contributed by atoms with E-state index in [0.29, 0.717) is 17.0 Å². The molecule has 1 aliphatic rings. The Morgan fingerprint density at radius 1 is 0.786 bits per heavy atom. The number of nitrogens with one attached hydrogen (secondary N) is 2. The number of hydrogen-bond acceptors (Lipinski definition) is 5. The van der Waals surface area contributed by atoms with E-state index >= 15 is 0 Å². The van der Waals surface area contributed by atoms with Gasteiger partial charge >= 0.3 is 0 Å². The van der Waals surface area contributed by atoms with Crippen LogP contribution in [0.2, 0.25) is 0 Å². The predicted octanol–water partition coefficient (Wildman–Crippen LogP) is 4.58.